The lowest BCUT2D eigenvalue weighted by atomic mass is 10.0. The molecule has 1 N–H and O–H groups in total. The topological polar surface area (TPSA) is 59.4 Å². The van der Waals surface area contributed by atoms with E-state index in [4.69, 9.17) is 4.74 Å². The van der Waals surface area contributed by atoms with Gasteiger partial charge in [-0.2, -0.15) is 5.10 Å². The Balaban J connectivity index is 0.00000208. The molecule has 2 heterocycles. The Morgan fingerprint density at radius 2 is 2.25 bits per heavy atom. The Morgan fingerprint density at radius 3 is 2.96 bits per heavy atom. The van der Waals surface area contributed by atoms with Crippen molar-refractivity contribution in [3.05, 3.63) is 46.7 Å². The Labute approximate surface area is 155 Å². The molecule has 1 fully saturated rings. The lowest BCUT2D eigenvalue weighted by Crippen LogP contribution is -2.49. The molecule has 1 aliphatic heterocycles. The van der Waals surface area contributed by atoms with Crippen LogP contribution in [-0.2, 0) is 11.3 Å². The molecule has 1 aromatic carbocycles. The molecule has 24 heavy (non-hydrogen) atoms. The summed E-state index contributed by atoms with van der Waals surface area (Å²) < 4.78 is 7.97. The predicted octanol–water partition coefficient (Wildman–Crippen LogP) is 2.25. The highest BCUT2D eigenvalue weighted by atomic mass is 79.9. The highest BCUT2D eigenvalue weighted by molar-refractivity contribution is 9.10. The number of hydrogen-bond acceptors (Lipinski definition) is 4. The van der Waals surface area contributed by atoms with Gasteiger partial charge in [0.25, 0.3) is 0 Å². The second kappa shape index (κ2) is 8.50. The zero-order valence-electron chi connectivity index (χ0n) is 13.3. The number of para-hydroxylation sites is 1. The van der Waals surface area contributed by atoms with Gasteiger partial charge in [-0.15, -0.1) is 12.4 Å². The molecule has 1 aromatic heterocycles. The zero-order valence-corrected chi connectivity index (χ0v) is 15.7. The Kier molecular flexibility index (Phi) is 6.65. The van der Waals surface area contributed by atoms with Crippen LogP contribution in [-0.4, -0.2) is 47.3 Å². The van der Waals surface area contributed by atoms with Crippen LogP contribution in [0.4, 0.5) is 0 Å². The van der Waals surface area contributed by atoms with E-state index >= 15 is 0 Å². The minimum absolute atomic E-state index is 0. The van der Waals surface area contributed by atoms with Gasteiger partial charge in [-0.3, -0.25) is 9.48 Å². The van der Waals surface area contributed by atoms with Gasteiger partial charge in [0.2, 0.25) is 5.91 Å². The van der Waals surface area contributed by atoms with Gasteiger partial charge in [-0.25, -0.2) is 0 Å². The maximum Gasteiger partial charge on any atom is 0.244 e. The van der Waals surface area contributed by atoms with Crippen LogP contribution in [0.2, 0.25) is 0 Å². The van der Waals surface area contributed by atoms with Gasteiger partial charge in [0.1, 0.15) is 12.3 Å². The first-order valence-corrected chi connectivity index (χ1v) is 8.29. The summed E-state index contributed by atoms with van der Waals surface area (Å²) in [6.45, 7) is 2.41. The van der Waals surface area contributed by atoms with Crippen molar-refractivity contribution in [1.82, 2.24) is 20.0 Å². The van der Waals surface area contributed by atoms with Crippen LogP contribution in [0.15, 0.2) is 41.1 Å². The summed E-state index contributed by atoms with van der Waals surface area (Å²) in [6.07, 6.45) is 3.49. The van der Waals surface area contributed by atoms with Gasteiger partial charge in [0.05, 0.1) is 23.8 Å². The molecule has 8 heteroatoms. The SMILES string of the molecule is COc1ccccc1C1CNCCN1C(=O)Cn1cc(Br)cn1.Cl. The van der Waals surface area contributed by atoms with E-state index < -0.39 is 0 Å². The van der Waals surface area contributed by atoms with E-state index in [0.29, 0.717) is 6.54 Å². The molecule has 0 bridgehead atoms. The van der Waals surface area contributed by atoms with Crippen LogP contribution >= 0.6 is 28.3 Å². The number of benzene rings is 1. The summed E-state index contributed by atoms with van der Waals surface area (Å²) in [4.78, 5) is 14.6. The van der Waals surface area contributed by atoms with E-state index in [-0.39, 0.29) is 30.9 Å². The van der Waals surface area contributed by atoms with Gasteiger partial charge in [0, 0.05) is 31.4 Å². The Hall–Kier alpha value is -1.57. The van der Waals surface area contributed by atoms with Crippen LogP contribution < -0.4 is 10.1 Å². The summed E-state index contributed by atoms with van der Waals surface area (Å²) in [5.41, 5.74) is 1.03. The highest BCUT2D eigenvalue weighted by Crippen LogP contribution is 2.30. The first kappa shape index (κ1) is 18.8. The van der Waals surface area contributed by atoms with Crippen LogP contribution in [0, 0.1) is 0 Å². The largest absolute Gasteiger partial charge is 0.496 e. The molecule has 0 spiro atoms. The number of carbonyl (C=O) groups excluding carboxylic acids is 1. The second-order valence-corrected chi connectivity index (χ2v) is 6.32. The fourth-order valence-corrected chi connectivity index (χ4v) is 3.20. The van der Waals surface area contributed by atoms with Crippen LogP contribution in [0.25, 0.3) is 0 Å². The molecule has 0 saturated carbocycles. The standard InChI is InChI=1S/C16H19BrN4O2.ClH/c1-23-15-5-3-2-4-13(15)14-9-18-6-7-21(14)16(22)11-20-10-12(17)8-19-20;/h2-5,8,10,14,18H,6-7,9,11H2,1H3;1H. The number of aromatic nitrogens is 2. The molecule has 0 aliphatic carbocycles. The van der Waals surface area contributed by atoms with E-state index in [1.54, 1.807) is 24.2 Å². The number of amides is 1. The van der Waals surface area contributed by atoms with Gasteiger partial charge in [-0.1, -0.05) is 18.2 Å². The van der Waals surface area contributed by atoms with Gasteiger partial charge < -0.3 is 15.0 Å². The Bertz CT molecular complexity index is 694. The highest BCUT2D eigenvalue weighted by Gasteiger charge is 2.29. The van der Waals surface area contributed by atoms with Crippen molar-refractivity contribution in [2.24, 2.45) is 0 Å². The minimum atomic E-state index is -0.0357. The van der Waals surface area contributed by atoms with Crippen molar-refractivity contribution >= 4 is 34.2 Å². The van der Waals surface area contributed by atoms with Gasteiger partial charge in [0.15, 0.2) is 0 Å². The maximum absolute atomic E-state index is 12.7. The monoisotopic (exact) mass is 414 g/mol. The van der Waals surface area contributed by atoms with Crippen LogP contribution in [0.1, 0.15) is 11.6 Å². The summed E-state index contributed by atoms with van der Waals surface area (Å²) in [6, 6.07) is 7.82. The van der Waals surface area contributed by atoms with E-state index in [1.165, 1.54) is 0 Å². The fourth-order valence-electron chi connectivity index (χ4n) is 2.88. The average molecular weight is 416 g/mol. The lowest BCUT2D eigenvalue weighted by Gasteiger charge is -2.37. The van der Waals surface area contributed by atoms with Crippen molar-refractivity contribution in [2.45, 2.75) is 12.6 Å². The second-order valence-electron chi connectivity index (χ2n) is 5.41. The number of ether oxygens (including phenoxy) is 1. The number of piperazine rings is 1. The van der Waals surface area contributed by atoms with Crippen LogP contribution in [0.5, 0.6) is 5.75 Å². The third kappa shape index (κ3) is 4.09. The molecule has 1 unspecified atom stereocenters. The lowest BCUT2D eigenvalue weighted by molar-refractivity contribution is -0.135. The molecule has 2 aromatic rings. The number of hydrogen-bond donors (Lipinski definition) is 1. The molecule has 0 radical (unpaired) electrons. The summed E-state index contributed by atoms with van der Waals surface area (Å²) in [7, 11) is 1.66. The van der Waals surface area contributed by atoms with E-state index in [2.05, 4.69) is 26.3 Å². The molecule has 6 nitrogen and oxygen atoms in total. The molecule has 1 atom stereocenters. The first-order chi connectivity index (χ1) is 11.2. The van der Waals surface area contributed by atoms with E-state index in [9.17, 15) is 4.79 Å². The summed E-state index contributed by atoms with van der Waals surface area (Å²) >= 11 is 3.35. The first-order valence-electron chi connectivity index (χ1n) is 7.50. The third-order valence-corrected chi connectivity index (χ3v) is 4.37. The number of rotatable bonds is 4. The molecule has 1 aliphatic rings. The van der Waals surface area contributed by atoms with Crippen molar-refractivity contribution in [1.29, 1.82) is 0 Å². The fraction of sp³-hybridized carbons (Fsp3) is 0.375. The number of halogens is 2. The number of nitrogens with one attached hydrogen (secondary N) is 1. The van der Waals surface area contributed by atoms with Crippen molar-refractivity contribution in [3.8, 4) is 5.75 Å². The number of methoxy groups -OCH3 is 1. The zero-order chi connectivity index (χ0) is 16.2. The minimum Gasteiger partial charge on any atom is -0.496 e. The third-order valence-electron chi connectivity index (χ3n) is 3.96. The quantitative estimate of drug-likeness (QED) is 0.832. The van der Waals surface area contributed by atoms with Crippen molar-refractivity contribution in [3.63, 3.8) is 0 Å². The molecular formula is C16H20BrClN4O2. The average Bonchev–Trinajstić information content (AvgIpc) is 2.99. The van der Waals surface area contributed by atoms with E-state index in [0.717, 1.165) is 28.9 Å². The predicted molar refractivity (Wildman–Crippen MR) is 97.5 cm³/mol. The van der Waals surface area contributed by atoms with Gasteiger partial charge >= 0.3 is 0 Å². The Morgan fingerprint density at radius 1 is 1.46 bits per heavy atom. The molecule has 130 valence electrons. The van der Waals surface area contributed by atoms with Crippen molar-refractivity contribution < 1.29 is 9.53 Å². The molecular weight excluding hydrogens is 396 g/mol. The van der Waals surface area contributed by atoms with Gasteiger partial charge in [-0.05, 0) is 22.0 Å². The molecule has 3 rings (SSSR count). The number of carbonyl (C=O) groups is 1. The summed E-state index contributed by atoms with van der Waals surface area (Å²) in [5.74, 6) is 0.860. The number of nitrogens with zero attached hydrogens (tertiary/aromatic N) is 3. The van der Waals surface area contributed by atoms with Crippen LogP contribution in [0.3, 0.4) is 0 Å². The van der Waals surface area contributed by atoms with E-state index in [1.807, 2.05) is 29.2 Å². The van der Waals surface area contributed by atoms with Crippen molar-refractivity contribution in [2.75, 3.05) is 26.7 Å². The smallest absolute Gasteiger partial charge is 0.244 e. The molecule has 1 amide bonds. The molecule has 1 saturated heterocycles. The maximum atomic E-state index is 12.7. The summed E-state index contributed by atoms with van der Waals surface area (Å²) in [5, 5.41) is 7.52. The normalized spacial score (nSPS) is 17.2.